The molecular weight excluding hydrogens is 268 g/mol. The van der Waals surface area contributed by atoms with E-state index >= 15 is 0 Å². The van der Waals surface area contributed by atoms with Gasteiger partial charge in [0, 0.05) is 6.61 Å². The first-order chi connectivity index (χ1) is 10.8. The fraction of sp³-hybridized carbons (Fsp3) is 1.00. The van der Waals surface area contributed by atoms with Crippen molar-refractivity contribution in [2.45, 2.75) is 110 Å². The maximum absolute atomic E-state index is 6.08. The summed E-state index contributed by atoms with van der Waals surface area (Å²) in [5, 5.41) is 0. The number of rotatable bonds is 9. The Kier molecular flexibility index (Phi) is 8.89. The highest BCUT2D eigenvalue weighted by atomic mass is 16.5. The van der Waals surface area contributed by atoms with Crippen LogP contribution in [0, 0.1) is 17.8 Å². The summed E-state index contributed by atoms with van der Waals surface area (Å²) in [4.78, 5) is 0. The summed E-state index contributed by atoms with van der Waals surface area (Å²) in [7, 11) is 0. The van der Waals surface area contributed by atoms with Crippen molar-refractivity contribution in [1.82, 2.24) is 0 Å². The van der Waals surface area contributed by atoms with Crippen LogP contribution in [0.2, 0.25) is 0 Å². The van der Waals surface area contributed by atoms with Crippen molar-refractivity contribution in [3.05, 3.63) is 0 Å². The van der Waals surface area contributed by atoms with Crippen LogP contribution in [0.3, 0.4) is 0 Å². The molecule has 0 saturated heterocycles. The zero-order valence-corrected chi connectivity index (χ0v) is 15.3. The van der Waals surface area contributed by atoms with Crippen molar-refractivity contribution in [3.8, 4) is 0 Å². The van der Waals surface area contributed by atoms with Gasteiger partial charge in [0.05, 0.1) is 6.10 Å². The maximum Gasteiger partial charge on any atom is 0.0575 e. The zero-order chi connectivity index (χ0) is 15.6. The Morgan fingerprint density at radius 1 is 0.682 bits per heavy atom. The number of unbranched alkanes of at least 4 members (excludes halogenated alkanes) is 3. The van der Waals surface area contributed by atoms with E-state index in [1.807, 2.05) is 0 Å². The molecule has 0 spiro atoms. The third-order valence-electron chi connectivity index (χ3n) is 6.34. The molecular formula is C21H40O. The van der Waals surface area contributed by atoms with Gasteiger partial charge in [0.1, 0.15) is 0 Å². The van der Waals surface area contributed by atoms with E-state index in [4.69, 9.17) is 4.74 Å². The standard InChI is InChI=1S/C21H40O/c1-3-5-7-17-22-21-15-13-20(14-16-21)19-11-9-18(10-12-19)8-6-4-2/h18-21H,3-17H2,1-2H3/t18?,19?,20-,21-. The van der Waals surface area contributed by atoms with E-state index in [2.05, 4.69) is 13.8 Å². The van der Waals surface area contributed by atoms with Gasteiger partial charge in [-0.2, -0.15) is 0 Å². The molecule has 0 aromatic rings. The first kappa shape index (κ1) is 18.3. The molecule has 1 nitrogen and oxygen atoms in total. The Balaban J connectivity index is 1.57. The van der Waals surface area contributed by atoms with Gasteiger partial charge in [0.15, 0.2) is 0 Å². The van der Waals surface area contributed by atoms with Gasteiger partial charge < -0.3 is 4.74 Å². The third kappa shape index (κ3) is 6.22. The van der Waals surface area contributed by atoms with E-state index in [0.29, 0.717) is 6.10 Å². The minimum absolute atomic E-state index is 0.592. The molecule has 0 amide bonds. The Morgan fingerprint density at radius 3 is 1.86 bits per heavy atom. The Hall–Kier alpha value is -0.0400. The van der Waals surface area contributed by atoms with E-state index in [1.54, 1.807) is 0 Å². The Labute approximate surface area is 139 Å². The van der Waals surface area contributed by atoms with Crippen LogP contribution < -0.4 is 0 Å². The molecule has 2 aliphatic rings. The maximum atomic E-state index is 6.08. The second-order valence-corrected chi connectivity index (χ2v) is 8.04. The minimum atomic E-state index is 0.592. The second-order valence-electron chi connectivity index (χ2n) is 8.04. The first-order valence-corrected chi connectivity index (χ1v) is 10.4. The fourth-order valence-corrected chi connectivity index (χ4v) is 4.77. The van der Waals surface area contributed by atoms with E-state index in [0.717, 1.165) is 24.4 Å². The lowest BCUT2D eigenvalue weighted by molar-refractivity contribution is 0.00539. The van der Waals surface area contributed by atoms with Crippen molar-refractivity contribution in [2.75, 3.05) is 6.61 Å². The molecule has 0 heterocycles. The molecule has 0 radical (unpaired) electrons. The fourth-order valence-electron chi connectivity index (χ4n) is 4.77. The minimum Gasteiger partial charge on any atom is -0.378 e. The zero-order valence-electron chi connectivity index (χ0n) is 15.3. The molecule has 2 fully saturated rings. The van der Waals surface area contributed by atoms with E-state index in [1.165, 1.54) is 89.9 Å². The molecule has 0 atom stereocenters. The molecule has 2 aliphatic carbocycles. The van der Waals surface area contributed by atoms with Crippen LogP contribution in [0.25, 0.3) is 0 Å². The van der Waals surface area contributed by atoms with Gasteiger partial charge >= 0.3 is 0 Å². The molecule has 0 aromatic heterocycles. The number of hydrogen-bond donors (Lipinski definition) is 0. The lowest BCUT2D eigenvalue weighted by Gasteiger charge is -2.37. The lowest BCUT2D eigenvalue weighted by Crippen LogP contribution is -2.28. The van der Waals surface area contributed by atoms with Crippen LogP contribution in [-0.2, 0) is 4.74 Å². The van der Waals surface area contributed by atoms with Crippen LogP contribution in [-0.4, -0.2) is 12.7 Å². The van der Waals surface area contributed by atoms with Crippen molar-refractivity contribution in [1.29, 1.82) is 0 Å². The largest absolute Gasteiger partial charge is 0.378 e. The predicted octanol–water partition coefficient (Wildman–Crippen LogP) is 6.75. The highest BCUT2D eigenvalue weighted by Gasteiger charge is 2.30. The predicted molar refractivity (Wildman–Crippen MR) is 96.2 cm³/mol. The summed E-state index contributed by atoms with van der Waals surface area (Å²) in [6, 6.07) is 0. The molecule has 22 heavy (non-hydrogen) atoms. The van der Waals surface area contributed by atoms with E-state index in [9.17, 15) is 0 Å². The van der Waals surface area contributed by atoms with Crippen molar-refractivity contribution >= 4 is 0 Å². The van der Waals surface area contributed by atoms with Crippen molar-refractivity contribution in [2.24, 2.45) is 17.8 Å². The third-order valence-corrected chi connectivity index (χ3v) is 6.34. The topological polar surface area (TPSA) is 9.23 Å². The van der Waals surface area contributed by atoms with Crippen LogP contribution in [0.4, 0.5) is 0 Å². The SMILES string of the molecule is CCCCCO[C@H]1CC[C@H](C2CCC(CCCC)CC2)CC1. The molecule has 0 bridgehead atoms. The van der Waals surface area contributed by atoms with Crippen LogP contribution in [0.15, 0.2) is 0 Å². The summed E-state index contributed by atoms with van der Waals surface area (Å²) in [6.07, 6.45) is 20.5. The highest BCUT2D eigenvalue weighted by Crippen LogP contribution is 2.41. The molecule has 0 unspecified atom stereocenters. The van der Waals surface area contributed by atoms with Crippen LogP contribution in [0.5, 0.6) is 0 Å². The van der Waals surface area contributed by atoms with Gasteiger partial charge in [-0.25, -0.2) is 0 Å². The average Bonchev–Trinajstić information content (AvgIpc) is 2.58. The van der Waals surface area contributed by atoms with Crippen molar-refractivity contribution in [3.63, 3.8) is 0 Å². The molecule has 130 valence electrons. The molecule has 2 rings (SSSR count). The summed E-state index contributed by atoms with van der Waals surface area (Å²) < 4.78 is 6.08. The van der Waals surface area contributed by atoms with Gasteiger partial charge in [-0.15, -0.1) is 0 Å². The quantitative estimate of drug-likeness (QED) is 0.428. The van der Waals surface area contributed by atoms with E-state index in [-0.39, 0.29) is 0 Å². The average molecular weight is 309 g/mol. The van der Waals surface area contributed by atoms with Gasteiger partial charge in [0.2, 0.25) is 0 Å². The lowest BCUT2D eigenvalue weighted by atomic mass is 9.70. The van der Waals surface area contributed by atoms with Crippen LogP contribution >= 0.6 is 0 Å². The molecule has 2 saturated carbocycles. The van der Waals surface area contributed by atoms with E-state index < -0.39 is 0 Å². The first-order valence-electron chi connectivity index (χ1n) is 10.4. The van der Waals surface area contributed by atoms with Crippen LogP contribution in [0.1, 0.15) is 104 Å². The highest BCUT2D eigenvalue weighted by molar-refractivity contribution is 4.82. The number of ether oxygens (including phenoxy) is 1. The monoisotopic (exact) mass is 308 g/mol. The normalized spacial score (nSPS) is 33.0. The van der Waals surface area contributed by atoms with Gasteiger partial charge in [-0.05, 0) is 62.7 Å². The molecule has 0 aromatic carbocycles. The molecule has 0 N–H and O–H groups in total. The molecule has 0 aliphatic heterocycles. The Bertz CT molecular complexity index is 259. The Morgan fingerprint density at radius 2 is 1.27 bits per heavy atom. The smallest absolute Gasteiger partial charge is 0.0575 e. The summed E-state index contributed by atoms with van der Waals surface area (Å²) in [6.45, 7) is 5.60. The molecule has 1 heteroatoms. The van der Waals surface area contributed by atoms with Gasteiger partial charge in [-0.3, -0.25) is 0 Å². The summed E-state index contributed by atoms with van der Waals surface area (Å²) in [5.74, 6) is 3.15. The summed E-state index contributed by atoms with van der Waals surface area (Å²) in [5.41, 5.74) is 0. The number of hydrogen-bond acceptors (Lipinski definition) is 1. The second kappa shape index (κ2) is 10.7. The van der Waals surface area contributed by atoms with Gasteiger partial charge in [0.25, 0.3) is 0 Å². The van der Waals surface area contributed by atoms with Crippen molar-refractivity contribution < 1.29 is 4.74 Å². The summed E-state index contributed by atoms with van der Waals surface area (Å²) >= 11 is 0. The van der Waals surface area contributed by atoms with Gasteiger partial charge in [-0.1, -0.05) is 58.8 Å².